The Morgan fingerprint density at radius 1 is 1.14 bits per heavy atom. The van der Waals surface area contributed by atoms with E-state index in [2.05, 4.69) is 4.57 Å². The van der Waals surface area contributed by atoms with Gasteiger partial charge in [-0.1, -0.05) is 24.3 Å². The maximum atomic E-state index is 10.9. The van der Waals surface area contributed by atoms with E-state index in [0.29, 0.717) is 12.1 Å². The largest absolute Gasteiger partial charge is 0.495 e. The van der Waals surface area contributed by atoms with Gasteiger partial charge in [0.25, 0.3) is 0 Å². The van der Waals surface area contributed by atoms with Crippen molar-refractivity contribution in [2.24, 2.45) is 0 Å². The quantitative estimate of drug-likeness (QED) is 0.797. The molecule has 0 aliphatic rings. The summed E-state index contributed by atoms with van der Waals surface area (Å²) in [5, 5.41) is 10.0. The van der Waals surface area contributed by atoms with Gasteiger partial charge < -0.3 is 14.4 Å². The number of methoxy groups -OCH3 is 1. The highest BCUT2D eigenvalue weighted by Crippen LogP contribution is 2.27. The zero-order chi connectivity index (χ0) is 14.8. The predicted octanol–water partition coefficient (Wildman–Crippen LogP) is 3.40. The number of carboxylic acid groups (broad SMARTS) is 1. The van der Waals surface area contributed by atoms with Crippen molar-refractivity contribution < 1.29 is 14.6 Å². The molecule has 0 spiro atoms. The number of fused-ring (bicyclic) bond motifs is 1. The molecule has 1 aromatic heterocycles. The lowest BCUT2D eigenvalue weighted by Gasteiger charge is -2.09. The van der Waals surface area contributed by atoms with Crippen molar-refractivity contribution >= 4 is 16.9 Å². The monoisotopic (exact) mass is 281 g/mol. The summed E-state index contributed by atoms with van der Waals surface area (Å²) >= 11 is 0. The maximum Gasteiger partial charge on any atom is 0.335 e. The van der Waals surface area contributed by atoms with Gasteiger partial charge in [-0.2, -0.15) is 0 Å². The second-order valence-electron chi connectivity index (χ2n) is 4.84. The minimum absolute atomic E-state index is 0.300. The fraction of sp³-hybridized carbons (Fsp3) is 0.118. The number of benzene rings is 2. The fourth-order valence-electron chi connectivity index (χ4n) is 2.47. The lowest BCUT2D eigenvalue weighted by Crippen LogP contribution is -2.01. The number of hydrogen-bond acceptors (Lipinski definition) is 2. The van der Waals surface area contributed by atoms with E-state index in [4.69, 9.17) is 9.84 Å². The molecule has 0 saturated heterocycles. The Hall–Kier alpha value is -2.75. The van der Waals surface area contributed by atoms with Gasteiger partial charge in [-0.05, 0) is 29.8 Å². The molecule has 1 heterocycles. The number of hydrogen-bond donors (Lipinski definition) is 1. The van der Waals surface area contributed by atoms with E-state index in [1.54, 1.807) is 19.2 Å². The zero-order valence-electron chi connectivity index (χ0n) is 11.6. The Labute approximate surface area is 122 Å². The van der Waals surface area contributed by atoms with Crippen LogP contribution in [0.4, 0.5) is 0 Å². The second kappa shape index (κ2) is 5.32. The summed E-state index contributed by atoms with van der Waals surface area (Å²) in [5.74, 6) is -0.0747. The van der Waals surface area contributed by atoms with E-state index in [0.717, 1.165) is 22.2 Å². The van der Waals surface area contributed by atoms with Gasteiger partial charge in [0.1, 0.15) is 5.75 Å². The molecular formula is C17H15NO3. The number of carboxylic acids is 1. The van der Waals surface area contributed by atoms with E-state index >= 15 is 0 Å². The molecule has 4 heteroatoms. The first-order valence-corrected chi connectivity index (χ1v) is 6.63. The van der Waals surface area contributed by atoms with E-state index in [1.165, 1.54) is 0 Å². The molecule has 0 aliphatic carbocycles. The van der Waals surface area contributed by atoms with Gasteiger partial charge in [0, 0.05) is 18.1 Å². The van der Waals surface area contributed by atoms with Crippen molar-refractivity contribution in [3.05, 3.63) is 65.9 Å². The van der Waals surface area contributed by atoms with Gasteiger partial charge in [-0.3, -0.25) is 0 Å². The van der Waals surface area contributed by atoms with Crippen molar-refractivity contribution in [3.8, 4) is 5.75 Å². The van der Waals surface area contributed by atoms with Gasteiger partial charge in [0.2, 0.25) is 0 Å². The number of para-hydroxylation sites is 1. The Balaban J connectivity index is 1.96. The molecule has 0 amide bonds. The van der Waals surface area contributed by atoms with E-state index in [1.807, 2.05) is 42.6 Å². The molecule has 4 nitrogen and oxygen atoms in total. The van der Waals surface area contributed by atoms with Gasteiger partial charge in [-0.15, -0.1) is 0 Å². The summed E-state index contributed by atoms with van der Waals surface area (Å²) in [6.07, 6.45) is 2.01. The molecule has 0 atom stereocenters. The molecule has 0 unspecified atom stereocenters. The Kier molecular flexibility index (Phi) is 3.36. The average molecular weight is 281 g/mol. The smallest absolute Gasteiger partial charge is 0.335 e. The first-order chi connectivity index (χ1) is 10.2. The Morgan fingerprint density at radius 3 is 2.57 bits per heavy atom. The lowest BCUT2D eigenvalue weighted by atomic mass is 10.1. The topological polar surface area (TPSA) is 51.5 Å². The van der Waals surface area contributed by atoms with Crippen LogP contribution in [0.5, 0.6) is 5.75 Å². The number of ether oxygens (including phenoxy) is 1. The number of carbonyl (C=O) groups is 1. The highest BCUT2D eigenvalue weighted by Gasteiger charge is 2.08. The molecule has 3 rings (SSSR count). The molecule has 106 valence electrons. The molecular weight excluding hydrogens is 266 g/mol. The van der Waals surface area contributed by atoms with Crippen LogP contribution in [-0.2, 0) is 6.54 Å². The summed E-state index contributed by atoms with van der Waals surface area (Å²) in [6, 6.07) is 14.9. The van der Waals surface area contributed by atoms with Crippen LogP contribution in [0.25, 0.3) is 10.9 Å². The molecule has 0 aliphatic heterocycles. The first kappa shape index (κ1) is 13.2. The highest BCUT2D eigenvalue weighted by molar-refractivity contribution is 5.87. The molecule has 0 fully saturated rings. The summed E-state index contributed by atoms with van der Waals surface area (Å²) < 4.78 is 7.52. The minimum Gasteiger partial charge on any atom is -0.495 e. The number of aromatic nitrogens is 1. The molecule has 2 aromatic carbocycles. The standard InChI is InChI=1S/C17H15NO3/c1-21-15-4-2-3-13-9-10-18(16(13)15)11-12-5-7-14(8-6-12)17(19)20/h2-10H,11H2,1H3,(H,19,20). The first-order valence-electron chi connectivity index (χ1n) is 6.63. The molecule has 0 radical (unpaired) electrons. The Morgan fingerprint density at radius 2 is 1.90 bits per heavy atom. The molecule has 21 heavy (non-hydrogen) atoms. The second-order valence-corrected chi connectivity index (χ2v) is 4.84. The van der Waals surface area contributed by atoms with E-state index < -0.39 is 5.97 Å². The summed E-state index contributed by atoms with van der Waals surface area (Å²) in [6.45, 7) is 0.670. The van der Waals surface area contributed by atoms with Gasteiger partial charge >= 0.3 is 5.97 Å². The van der Waals surface area contributed by atoms with E-state index in [9.17, 15) is 4.79 Å². The average Bonchev–Trinajstić information content (AvgIpc) is 2.91. The fourth-order valence-corrected chi connectivity index (χ4v) is 2.47. The number of rotatable bonds is 4. The molecule has 3 aromatic rings. The third-order valence-corrected chi connectivity index (χ3v) is 3.53. The van der Waals surface area contributed by atoms with Crippen molar-refractivity contribution in [2.75, 3.05) is 7.11 Å². The summed E-state index contributed by atoms with van der Waals surface area (Å²) in [5.41, 5.74) is 2.39. The number of nitrogens with zero attached hydrogens (tertiary/aromatic N) is 1. The maximum absolute atomic E-state index is 10.9. The van der Waals surface area contributed by atoms with Crippen molar-refractivity contribution in [3.63, 3.8) is 0 Å². The number of aromatic carboxylic acids is 1. The molecule has 0 saturated carbocycles. The van der Waals surface area contributed by atoms with Crippen molar-refractivity contribution in [1.82, 2.24) is 4.57 Å². The van der Waals surface area contributed by atoms with Crippen LogP contribution < -0.4 is 4.74 Å². The summed E-state index contributed by atoms with van der Waals surface area (Å²) in [4.78, 5) is 10.9. The van der Waals surface area contributed by atoms with Crippen LogP contribution >= 0.6 is 0 Å². The lowest BCUT2D eigenvalue weighted by molar-refractivity contribution is 0.0697. The van der Waals surface area contributed by atoms with E-state index in [-0.39, 0.29) is 0 Å². The highest BCUT2D eigenvalue weighted by atomic mass is 16.5. The SMILES string of the molecule is COc1cccc2ccn(Cc3ccc(C(=O)O)cc3)c12. The van der Waals surface area contributed by atoms with Crippen molar-refractivity contribution in [2.45, 2.75) is 6.54 Å². The van der Waals surface area contributed by atoms with Crippen LogP contribution in [0.2, 0.25) is 0 Å². The Bertz CT molecular complexity index is 787. The van der Waals surface area contributed by atoms with Gasteiger partial charge in [0.15, 0.2) is 0 Å². The van der Waals surface area contributed by atoms with Crippen LogP contribution in [-0.4, -0.2) is 22.8 Å². The minimum atomic E-state index is -0.908. The van der Waals surface area contributed by atoms with Gasteiger partial charge in [0.05, 0.1) is 18.2 Å². The van der Waals surface area contributed by atoms with Crippen LogP contribution in [0.15, 0.2) is 54.7 Å². The normalized spacial score (nSPS) is 10.7. The third-order valence-electron chi connectivity index (χ3n) is 3.53. The third kappa shape index (κ3) is 2.48. The zero-order valence-corrected chi connectivity index (χ0v) is 11.6. The molecule has 0 bridgehead atoms. The van der Waals surface area contributed by atoms with Crippen LogP contribution in [0, 0.1) is 0 Å². The molecule has 1 N–H and O–H groups in total. The summed E-state index contributed by atoms with van der Waals surface area (Å²) in [7, 11) is 1.66. The van der Waals surface area contributed by atoms with Gasteiger partial charge in [-0.25, -0.2) is 4.79 Å². The van der Waals surface area contributed by atoms with Crippen molar-refractivity contribution in [1.29, 1.82) is 0 Å². The predicted molar refractivity (Wildman–Crippen MR) is 81.0 cm³/mol. The van der Waals surface area contributed by atoms with Crippen LogP contribution in [0.3, 0.4) is 0 Å². The van der Waals surface area contributed by atoms with Crippen LogP contribution in [0.1, 0.15) is 15.9 Å².